The number of alkyl carbamates (subject to hydrolysis) is 1. The summed E-state index contributed by atoms with van der Waals surface area (Å²) in [6.45, 7) is 2.39. The Balaban J connectivity index is 1.45. The lowest BCUT2D eigenvalue weighted by molar-refractivity contribution is -0.140. The summed E-state index contributed by atoms with van der Waals surface area (Å²) in [5.74, 6) is -2.60. The van der Waals surface area contributed by atoms with Gasteiger partial charge in [0.1, 0.15) is 6.04 Å². The Kier molecular flexibility index (Phi) is 11.3. The van der Waals surface area contributed by atoms with Gasteiger partial charge in [-0.3, -0.25) is 25.1 Å². The molecule has 1 heterocycles. The molecule has 2 aromatic carbocycles. The molecule has 3 amide bonds. The number of carbonyl (C=O) groups is 4. The Morgan fingerprint density at radius 1 is 1.16 bits per heavy atom. The van der Waals surface area contributed by atoms with E-state index in [1.54, 1.807) is 30.0 Å². The van der Waals surface area contributed by atoms with Crippen molar-refractivity contribution in [3.8, 4) is 0 Å². The van der Waals surface area contributed by atoms with Gasteiger partial charge in [0.2, 0.25) is 27.8 Å². The molecule has 1 saturated carbocycles. The van der Waals surface area contributed by atoms with Crippen LogP contribution in [0.3, 0.4) is 0 Å². The number of ether oxygens (including phenoxy) is 2. The summed E-state index contributed by atoms with van der Waals surface area (Å²) in [6.07, 6.45) is -0.889. The van der Waals surface area contributed by atoms with Crippen molar-refractivity contribution in [2.45, 2.75) is 55.7 Å². The number of carboxylic acid groups (broad SMARTS) is 1. The van der Waals surface area contributed by atoms with E-state index in [-0.39, 0.29) is 56.2 Å². The summed E-state index contributed by atoms with van der Waals surface area (Å²) in [4.78, 5) is 52.5. The molecule has 244 valence electrons. The van der Waals surface area contributed by atoms with Gasteiger partial charge in [0, 0.05) is 32.2 Å². The number of hydrogen-bond donors (Lipinski definition) is 5. The molecule has 1 aliphatic carbocycles. The first-order valence-corrected chi connectivity index (χ1v) is 16.1. The Bertz CT molecular complexity index is 1530. The van der Waals surface area contributed by atoms with Crippen LogP contribution in [0.1, 0.15) is 32.6 Å². The van der Waals surface area contributed by atoms with Gasteiger partial charge in [-0.15, -0.1) is 0 Å². The molecule has 2 aromatic rings. The summed E-state index contributed by atoms with van der Waals surface area (Å²) >= 11 is 0. The molecule has 0 bridgehead atoms. The normalized spacial score (nSPS) is 17.3. The van der Waals surface area contributed by atoms with Crippen LogP contribution in [0, 0.1) is 5.41 Å². The molecule has 15 nitrogen and oxygen atoms in total. The minimum Gasteiger partial charge on any atom is -0.481 e. The molecule has 4 rings (SSSR count). The van der Waals surface area contributed by atoms with E-state index in [1.165, 1.54) is 17.0 Å². The summed E-state index contributed by atoms with van der Waals surface area (Å²) in [5, 5.41) is 23.8. The van der Waals surface area contributed by atoms with Gasteiger partial charge < -0.3 is 29.7 Å². The molecule has 16 heteroatoms. The third-order valence-electron chi connectivity index (χ3n) is 7.33. The van der Waals surface area contributed by atoms with Crippen LogP contribution in [0.15, 0.2) is 47.4 Å². The number of amides is 3. The fourth-order valence-corrected chi connectivity index (χ4v) is 6.14. The van der Waals surface area contributed by atoms with Crippen LogP contribution < -0.4 is 15.4 Å². The van der Waals surface area contributed by atoms with Crippen LogP contribution in [0.25, 0.3) is 10.8 Å². The van der Waals surface area contributed by atoms with E-state index in [0.29, 0.717) is 24.8 Å². The number of fused-ring (bicyclic) bond motifs is 1. The maximum absolute atomic E-state index is 13.7. The van der Waals surface area contributed by atoms with E-state index in [4.69, 9.17) is 14.9 Å². The van der Waals surface area contributed by atoms with Crippen LogP contribution in [-0.2, 0) is 33.9 Å². The highest BCUT2D eigenvalue weighted by atomic mass is 32.2. The second-order valence-electron chi connectivity index (χ2n) is 10.7. The van der Waals surface area contributed by atoms with Gasteiger partial charge >= 0.3 is 12.1 Å². The fourth-order valence-electron chi connectivity index (χ4n) is 4.92. The van der Waals surface area contributed by atoms with Gasteiger partial charge in [0.15, 0.2) is 0 Å². The molecular formula is C29H38N6O9S. The zero-order chi connectivity index (χ0) is 32.6. The zero-order valence-electron chi connectivity index (χ0n) is 24.9. The average Bonchev–Trinajstić information content (AvgIpc) is 3.85. The van der Waals surface area contributed by atoms with Crippen molar-refractivity contribution in [3.05, 3.63) is 42.5 Å². The Morgan fingerprint density at radius 2 is 1.89 bits per heavy atom. The van der Waals surface area contributed by atoms with E-state index in [2.05, 4.69) is 15.4 Å². The van der Waals surface area contributed by atoms with Gasteiger partial charge in [-0.25, -0.2) is 13.2 Å². The highest BCUT2D eigenvalue weighted by molar-refractivity contribution is 7.89. The lowest BCUT2D eigenvalue weighted by Crippen LogP contribution is -2.54. The third kappa shape index (κ3) is 9.60. The van der Waals surface area contributed by atoms with Gasteiger partial charge in [-0.2, -0.15) is 4.72 Å². The van der Waals surface area contributed by atoms with Crippen molar-refractivity contribution in [1.82, 2.24) is 25.2 Å². The third-order valence-corrected chi connectivity index (χ3v) is 8.80. The van der Waals surface area contributed by atoms with Crippen molar-refractivity contribution >= 4 is 50.6 Å². The van der Waals surface area contributed by atoms with E-state index in [0.717, 1.165) is 5.39 Å². The highest BCUT2D eigenvalue weighted by Crippen LogP contribution is 2.28. The molecular weight excluding hydrogens is 608 g/mol. The maximum Gasteiger partial charge on any atom is 0.413 e. The molecule has 0 radical (unpaired) electrons. The lowest BCUT2D eigenvalue weighted by Gasteiger charge is -2.34. The molecule has 1 unspecified atom stereocenters. The fraction of sp³-hybridized carbons (Fsp3) is 0.483. The van der Waals surface area contributed by atoms with Crippen LogP contribution in [0.5, 0.6) is 0 Å². The van der Waals surface area contributed by atoms with E-state index in [1.807, 2.05) is 12.1 Å². The van der Waals surface area contributed by atoms with Crippen LogP contribution in [0.4, 0.5) is 4.79 Å². The number of carbonyl (C=O) groups excluding carboxylic acids is 3. The molecule has 1 aliphatic heterocycles. The second-order valence-corrected chi connectivity index (χ2v) is 12.4. The standard InChI is InChI=1S/C29H38N6O9S/c1-2-43-29(40)32-28(30)34-13-14-44-22(18-34)17-31-25(36)16-24(27(39)35(21-8-9-21)12-11-26(37)38)33-45(41,42)23-10-7-19-5-3-4-6-20(19)15-23/h3-7,10,15,21-22,24,33H,2,8-9,11-14,16-18H2,1H3,(H,31,36)(H,37,38)(H2,30,32,40)/t22?,24-/m0/s1. The van der Waals surface area contributed by atoms with Gasteiger partial charge in [-0.1, -0.05) is 30.3 Å². The molecule has 2 atom stereocenters. The van der Waals surface area contributed by atoms with Crippen LogP contribution >= 0.6 is 0 Å². The number of guanidine groups is 1. The first kappa shape index (κ1) is 33.6. The van der Waals surface area contributed by atoms with Gasteiger partial charge in [-0.05, 0) is 42.7 Å². The number of sulfonamides is 1. The average molecular weight is 647 g/mol. The predicted octanol–water partition coefficient (Wildman–Crippen LogP) is 0.840. The molecule has 0 spiro atoms. The SMILES string of the molecule is CCOC(=O)NC(=N)N1CCOC(CNC(=O)C[C@H](NS(=O)(=O)c2ccc3ccccc3c2)C(=O)N(CCC(=O)O)C2CC2)C1. The number of aliphatic carboxylic acids is 1. The molecule has 0 aromatic heterocycles. The van der Waals surface area contributed by atoms with Gasteiger partial charge in [0.25, 0.3) is 0 Å². The number of benzene rings is 2. The van der Waals surface area contributed by atoms with Crippen molar-refractivity contribution in [3.63, 3.8) is 0 Å². The number of morpholine rings is 1. The minimum atomic E-state index is -4.27. The number of nitrogens with one attached hydrogen (secondary N) is 4. The predicted molar refractivity (Wildman–Crippen MR) is 162 cm³/mol. The largest absolute Gasteiger partial charge is 0.481 e. The van der Waals surface area contributed by atoms with E-state index in [9.17, 15) is 32.7 Å². The zero-order valence-corrected chi connectivity index (χ0v) is 25.7. The maximum atomic E-state index is 13.7. The highest BCUT2D eigenvalue weighted by Gasteiger charge is 2.38. The second kappa shape index (κ2) is 15.1. The Morgan fingerprint density at radius 3 is 2.58 bits per heavy atom. The number of carboxylic acids is 1. The summed E-state index contributed by atoms with van der Waals surface area (Å²) in [6, 6.07) is 9.99. The molecule has 5 N–H and O–H groups in total. The molecule has 2 aliphatic rings. The Labute approximate surface area is 260 Å². The van der Waals surface area contributed by atoms with Crippen molar-refractivity contribution in [1.29, 1.82) is 5.41 Å². The first-order chi connectivity index (χ1) is 21.5. The van der Waals surface area contributed by atoms with Crippen molar-refractivity contribution in [2.75, 3.05) is 39.4 Å². The van der Waals surface area contributed by atoms with Crippen molar-refractivity contribution < 1.29 is 42.2 Å². The molecule has 1 saturated heterocycles. The summed E-state index contributed by atoms with van der Waals surface area (Å²) in [7, 11) is -4.27. The smallest absolute Gasteiger partial charge is 0.413 e. The minimum absolute atomic E-state index is 0.00823. The van der Waals surface area contributed by atoms with Gasteiger partial charge in [0.05, 0.1) is 37.1 Å². The topological polar surface area (TPSA) is 208 Å². The first-order valence-electron chi connectivity index (χ1n) is 14.7. The molecule has 2 fully saturated rings. The molecule has 45 heavy (non-hydrogen) atoms. The quantitative estimate of drug-likeness (QED) is 0.153. The Hall–Kier alpha value is -4.28. The summed E-state index contributed by atoms with van der Waals surface area (Å²) < 4.78 is 39.8. The lowest BCUT2D eigenvalue weighted by atomic mass is 10.1. The van der Waals surface area contributed by atoms with E-state index < -0.39 is 52.5 Å². The number of nitrogens with zero attached hydrogens (tertiary/aromatic N) is 2. The van der Waals surface area contributed by atoms with Crippen molar-refractivity contribution in [2.24, 2.45) is 0 Å². The van der Waals surface area contributed by atoms with E-state index >= 15 is 0 Å². The summed E-state index contributed by atoms with van der Waals surface area (Å²) in [5.41, 5.74) is 0. The van der Waals surface area contributed by atoms with Crippen LogP contribution in [-0.4, -0.2) is 111 Å². The number of rotatable bonds is 13. The number of hydrogen-bond acceptors (Lipinski definition) is 9. The monoisotopic (exact) mass is 646 g/mol. The van der Waals surface area contributed by atoms with Crippen LogP contribution in [0.2, 0.25) is 0 Å².